The average Bonchev–Trinajstić information content (AvgIpc) is 2.45. The fraction of sp³-hybridized carbons (Fsp3) is 0.0714. The van der Waals surface area contributed by atoms with E-state index < -0.39 is 6.23 Å². The minimum absolute atomic E-state index is 0.377. The SMILES string of the molecule is O=COC(N=Nc1ccccc1)c1ccccc1. The molecule has 0 heterocycles. The van der Waals surface area contributed by atoms with Gasteiger partial charge in [-0.15, -0.1) is 5.11 Å². The van der Waals surface area contributed by atoms with Gasteiger partial charge in [-0.1, -0.05) is 48.5 Å². The molecular weight excluding hydrogens is 228 g/mol. The van der Waals surface area contributed by atoms with E-state index in [9.17, 15) is 4.79 Å². The summed E-state index contributed by atoms with van der Waals surface area (Å²) in [5, 5.41) is 8.07. The number of azo groups is 1. The largest absolute Gasteiger partial charge is 0.436 e. The van der Waals surface area contributed by atoms with E-state index in [1.54, 1.807) is 0 Å². The smallest absolute Gasteiger partial charge is 0.295 e. The molecule has 4 nitrogen and oxygen atoms in total. The molecule has 0 fully saturated rings. The van der Waals surface area contributed by atoms with Crippen molar-refractivity contribution in [1.29, 1.82) is 0 Å². The molecule has 0 spiro atoms. The van der Waals surface area contributed by atoms with Crippen molar-refractivity contribution in [2.24, 2.45) is 10.2 Å². The van der Waals surface area contributed by atoms with Crippen LogP contribution < -0.4 is 0 Å². The van der Waals surface area contributed by atoms with E-state index in [4.69, 9.17) is 4.74 Å². The van der Waals surface area contributed by atoms with Gasteiger partial charge in [0.05, 0.1) is 5.69 Å². The number of hydrogen-bond donors (Lipinski definition) is 0. The standard InChI is InChI=1S/C14H12N2O2/c17-11-18-14(12-7-3-1-4-8-12)16-15-13-9-5-2-6-10-13/h1-11,14H. The summed E-state index contributed by atoms with van der Waals surface area (Å²) >= 11 is 0. The topological polar surface area (TPSA) is 51.0 Å². The summed E-state index contributed by atoms with van der Waals surface area (Å²) in [5.41, 5.74) is 1.50. The van der Waals surface area contributed by atoms with Gasteiger partial charge in [0, 0.05) is 5.56 Å². The summed E-state index contributed by atoms with van der Waals surface area (Å²) < 4.78 is 4.91. The van der Waals surface area contributed by atoms with Crippen molar-refractivity contribution in [3.8, 4) is 0 Å². The Labute approximate surface area is 105 Å². The van der Waals surface area contributed by atoms with Crippen molar-refractivity contribution in [3.05, 3.63) is 66.2 Å². The van der Waals surface area contributed by atoms with Gasteiger partial charge >= 0.3 is 0 Å². The number of rotatable bonds is 5. The Hall–Kier alpha value is -2.49. The first-order valence-corrected chi connectivity index (χ1v) is 5.50. The van der Waals surface area contributed by atoms with E-state index in [1.807, 2.05) is 60.7 Å². The van der Waals surface area contributed by atoms with Crippen LogP contribution in [-0.4, -0.2) is 6.47 Å². The van der Waals surface area contributed by atoms with Crippen molar-refractivity contribution >= 4 is 12.2 Å². The maximum absolute atomic E-state index is 10.5. The molecule has 1 atom stereocenters. The second kappa shape index (κ2) is 6.30. The molecule has 2 aromatic carbocycles. The molecule has 2 aromatic rings. The molecule has 1 unspecified atom stereocenters. The van der Waals surface area contributed by atoms with Crippen molar-refractivity contribution in [2.75, 3.05) is 0 Å². The molecular formula is C14H12N2O2. The summed E-state index contributed by atoms with van der Waals surface area (Å²) in [6.07, 6.45) is -0.705. The minimum Gasteiger partial charge on any atom is -0.436 e. The number of carbonyl (C=O) groups is 1. The van der Waals surface area contributed by atoms with Crippen molar-refractivity contribution in [2.45, 2.75) is 6.23 Å². The van der Waals surface area contributed by atoms with E-state index in [-0.39, 0.29) is 0 Å². The lowest BCUT2D eigenvalue weighted by Gasteiger charge is -2.08. The molecule has 0 radical (unpaired) electrons. The van der Waals surface area contributed by atoms with E-state index in [1.165, 1.54) is 0 Å². The first-order chi connectivity index (χ1) is 8.90. The maximum Gasteiger partial charge on any atom is 0.295 e. The highest BCUT2D eigenvalue weighted by molar-refractivity contribution is 5.39. The molecule has 0 saturated heterocycles. The van der Waals surface area contributed by atoms with Gasteiger partial charge in [0.15, 0.2) is 0 Å². The Morgan fingerprint density at radius 3 is 2.17 bits per heavy atom. The molecule has 0 aromatic heterocycles. The van der Waals surface area contributed by atoms with E-state index in [0.717, 1.165) is 5.56 Å². The van der Waals surface area contributed by atoms with Crippen LogP contribution in [0.5, 0.6) is 0 Å². The Morgan fingerprint density at radius 1 is 0.944 bits per heavy atom. The van der Waals surface area contributed by atoms with Crippen molar-refractivity contribution in [3.63, 3.8) is 0 Å². The summed E-state index contributed by atoms with van der Waals surface area (Å²) in [5.74, 6) is 0. The van der Waals surface area contributed by atoms with Crippen LogP contribution in [0, 0.1) is 0 Å². The quantitative estimate of drug-likeness (QED) is 0.591. The minimum atomic E-state index is -0.705. The van der Waals surface area contributed by atoms with Crippen molar-refractivity contribution < 1.29 is 9.53 Å². The van der Waals surface area contributed by atoms with Crippen LogP contribution in [0.15, 0.2) is 70.9 Å². The molecule has 0 amide bonds. The van der Waals surface area contributed by atoms with Gasteiger partial charge in [0.2, 0.25) is 6.23 Å². The number of benzene rings is 2. The molecule has 0 saturated carbocycles. The highest BCUT2D eigenvalue weighted by atomic mass is 16.5. The van der Waals surface area contributed by atoms with Crippen LogP contribution in [0.2, 0.25) is 0 Å². The molecule has 0 aliphatic rings. The summed E-state index contributed by atoms with van der Waals surface area (Å²) in [7, 11) is 0. The zero-order valence-corrected chi connectivity index (χ0v) is 9.64. The van der Waals surface area contributed by atoms with Gasteiger partial charge in [-0.3, -0.25) is 4.79 Å². The Balaban J connectivity index is 2.17. The van der Waals surface area contributed by atoms with Gasteiger partial charge in [-0.25, -0.2) is 0 Å². The molecule has 0 N–H and O–H groups in total. The Morgan fingerprint density at radius 2 is 1.56 bits per heavy atom. The first-order valence-electron chi connectivity index (χ1n) is 5.50. The molecule has 18 heavy (non-hydrogen) atoms. The average molecular weight is 240 g/mol. The van der Waals surface area contributed by atoms with E-state index in [0.29, 0.717) is 12.2 Å². The van der Waals surface area contributed by atoms with Crippen LogP contribution >= 0.6 is 0 Å². The normalized spacial score (nSPS) is 12.2. The highest BCUT2D eigenvalue weighted by Gasteiger charge is 2.09. The van der Waals surface area contributed by atoms with Gasteiger partial charge in [0.1, 0.15) is 0 Å². The van der Waals surface area contributed by atoms with Crippen LogP contribution in [0.25, 0.3) is 0 Å². The zero-order chi connectivity index (χ0) is 12.6. The van der Waals surface area contributed by atoms with Gasteiger partial charge in [0.25, 0.3) is 6.47 Å². The summed E-state index contributed by atoms with van der Waals surface area (Å²) in [4.78, 5) is 10.5. The first kappa shape index (κ1) is 12.0. The Bertz CT molecular complexity index is 512. The third kappa shape index (κ3) is 3.25. The molecule has 90 valence electrons. The number of nitrogens with zero attached hydrogens (tertiary/aromatic N) is 2. The number of ether oxygens (including phenoxy) is 1. The predicted molar refractivity (Wildman–Crippen MR) is 67.3 cm³/mol. The second-order valence-electron chi connectivity index (χ2n) is 3.55. The summed E-state index contributed by atoms with van der Waals surface area (Å²) in [6, 6.07) is 18.5. The van der Waals surface area contributed by atoms with Gasteiger partial charge in [-0.2, -0.15) is 5.11 Å². The van der Waals surface area contributed by atoms with Crippen molar-refractivity contribution in [1.82, 2.24) is 0 Å². The lowest BCUT2D eigenvalue weighted by Crippen LogP contribution is -1.98. The van der Waals surface area contributed by atoms with Gasteiger partial charge in [-0.05, 0) is 12.1 Å². The molecule has 0 aliphatic carbocycles. The Kier molecular flexibility index (Phi) is 4.19. The lowest BCUT2D eigenvalue weighted by molar-refractivity contribution is -0.133. The predicted octanol–water partition coefficient (Wildman–Crippen LogP) is 3.64. The van der Waals surface area contributed by atoms with Gasteiger partial charge < -0.3 is 4.74 Å². The fourth-order valence-corrected chi connectivity index (χ4v) is 1.46. The van der Waals surface area contributed by atoms with Crippen LogP contribution in [-0.2, 0) is 9.53 Å². The number of hydrogen-bond acceptors (Lipinski definition) is 4. The van der Waals surface area contributed by atoms with Crippen LogP contribution in [0.1, 0.15) is 11.8 Å². The lowest BCUT2D eigenvalue weighted by atomic mass is 10.2. The zero-order valence-electron chi connectivity index (χ0n) is 9.64. The fourth-order valence-electron chi connectivity index (χ4n) is 1.46. The highest BCUT2D eigenvalue weighted by Crippen LogP contribution is 2.21. The molecule has 4 heteroatoms. The van der Waals surface area contributed by atoms with Crippen LogP contribution in [0.4, 0.5) is 5.69 Å². The molecule has 0 bridgehead atoms. The molecule has 0 aliphatic heterocycles. The monoisotopic (exact) mass is 240 g/mol. The third-order valence-electron chi connectivity index (χ3n) is 2.30. The number of carbonyl (C=O) groups excluding carboxylic acids is 1. The van der Waals surface area contributed by atoms with E-state index >= 15 is 0 Å². The second-order valence-corrected chi connectivity index (χ2v) is 3.55. The molecule has 2 rings (SSSR count). The third-order valence-corrected chi connectivity index (χ3v) is 2.30. The van der Waals surface area contributed by atoms with E-state index in [2.05, 4.69) is 10.2 Å². The summed E-state index contributed by atoms with van der Waals surface area (Å²) in [6.45, 7) is 0.377. The maximum atomic E-state index is 10.5. The van der Waals surface area contributed by atoms with Crippen LogP contribution in [0.3, 0.4) is 0 Å².